The Morgan fingerprint density at radius 1 is 1.00 bits per heavy atom. The van der Waals surface area contributed by atoms with Crippen LogP contribution in [-0.2, 0) is 42.9 Å². The molecule has 0 unspecified atom stereocenters. The molecule has 0 aliphatic carbocycles. The third-order valence-corrected chi connectivity index (χ3v) is 3.74. The van der Waals surface area contributed by atoms with E-state index in [-0.39, 0.29) is 0 Å². The Morgan fingerprint density at radius 2 is 1.52 bits per heavy atom. The number of hydrogen-bond donors (Lipinski definition) is 2. The molecule has 1 aliphatic heterocycles. The van der Waals surface area contributed by atoms with Gasteiger partial charge in [0.15, 0.2) is 12.2 Å². The Hall–Kier alpha value is -2.24. The molecule has 0 spiro atoms. The quantitative estimate of drug-likeness (QED) is 0.309. The van der Waals surface area contributed by atoms with Crippen molar-refractivity contribution in [1.29, 1.82) is 0 Å². The number of amides is 1. The summed E-state index contributed by atoms with van der Waals surface area (Å²) in [6.45, 7) is 3.66. The van der Waals surface area contributed by atoms with E-state index >= 15 is 0 Å². The molecule has 1 aliphatic rings. The van der Waals surface area contributed by atoms with Gasteiger partial charge in [-0.1, -0.05) is 0 Å². The molecule has 0 radical (unpaired) electrons. The molecule has 0 aromatic carbocycles. The van der Waals surface area contributed by atoms with Gasteiger partial charge in [-0.05, 0) is 11.6 Å². The first-order chi connectivity index (χ1) is 12.4. The minimum atomic E-state index is -2.85. The highest BCUT2D eigenvalue weighted by Crippen LogP contribution is 2.34. The van der Waals surface area contributed by atoms with Gasteiger partial charge in [-0.15, -0.1) is 0 Å². The average Bonchev–Trinajstić information content (AvgIpc) is 2.50. The van der Waals surface area contributed by atoms with Crippen LogP contribution in [0.25, 0.3) is 0 Å². The number of halogens is 1. The van der Waals surface area contributed by atoms with Crippen molar-refractivity contribution in [2.75, 3.05) is 6.61 Å². The minimum Gasteiger partial charge on any atom is -0.463 e. The molecule has 0 aromatic heterocycles. The second kappa shape index (κ2) is 9.11. The number of esters is 3. The van der Waals surface area contributed by atoms with E-state index in [1.807, 2.05) is 0 Å². The molecule has 1 heterocycles. The third kappa shape index (κ3) is 5.88. The normalized spacial score (nSPS) is 30.0. The van der Waals surface area contributed by atoms with Gasteiger partial charge in [-0.3, -0.25) is 24.0 Å². The summed E-state index contributed by atoms with van der Waals surface area (Å²) in [5, 5.41) is 11.4. The number of carbonyl (C=O) groups is 5. The average molecular weight is 410 g/mol. The van der Waals surface area contributed by atoms with Gasteiger partial charge in [0.05, 0.1) is 0 Å². The molecule has 0 saturated carbocycles. The number of nitrogens with one attached hydrogen (secondary N) is 1. The van der Waals surface area contributed by atoms with Crippen LogP contribution in [-0.4, -0.2) is 70.9 Å². The topological polar surface area (TPSA) is 155 Å². The van der Waals surface area contributed by atoms with Gasteiger partial charge in [0.2, 0.25) is 5.91 Å². The van der Waals surface area contributed by atoms with E-state index in [4.69, 9.17) is 30.5 Å². The smallest absolute Gasteiger partial charge is 0.303 e. The standard InChI is InChI=1S/C15H20ClNO10/c1-6(18)17-13-12(26-9(4)21)11(25-8(3)20)10(5-24-7(2)19)27-15(13,23)14(16)22/h10-13,23H,5H2,1-4H3,(H,17,18)/t10-,11-,12+,13-,15-/m1/s1. The lowest BCUT2D eigenvalue weighted by molar-refractivity contribution is -0.302. The molecule has 1 rings (SSSR count). The van der Waals surface area contributed by atoms with Crippen LogP contribution in [0.4, 0.5) is 0 Å². The Bertz CT molecular complexity index is 638. The summed E-state index contributed by atoms with van der Waals surface area (Å²) in [7, 11) is 0. The molecular formula is C15H20ClNO10. The van der Waals surface area contributed by atoms with Crippen LogP contribution in [0.3, 0.4) is 0 Å². The molecule has 1 fully saturated rings. The van der Waals surface area contributed by atoms with E-state index in [1.165, 1.54) is 0 Å². The maximum absolute atomic E-state index is 11.8. The van der Waals surface area contributed by atoms with Crippen molar-refractivity contribution in [3.05, 3.63) is 0 Å². The fourth-order valence-corrected chi connectivity index (χ4v) is 2.71. The summed E-state index contributed by atoms with van der Waals surface area (Å²) in [6, 6.07) is -1.71. The number of aliphatic hydroxyl groups is 1. The van der Waals surface area contributed by atoms with Crippen LogP contribution in [0, 0.1) is 0 Å². The predicted octanol–water partition coefficient (Wildman–Crippen LogP) is -1.23. The zero-order chi connectivity index (χ0) is 20.9. The molecule has 0 aromatic rings. The van der Waals surface area contributed by atoms with E-state index in [2.05, 4.69) is 5.32 Å². The minimum absolute atomic E-state index is 0.565. The van der Waals surface area contributed by atoms with Gasteiger partial charge in [-0.25, -0.2) is 0 Å². The molecule has 1 saturated heterocycles. The molecular weight excluding hydrogens is 390 g/mol. The summed E-state index contributed by atoms with van der Waals surface area (Å²) in [5.74, 6) is -6.00. The third-order valence-electron chi connectivity index (χ3n) is 3.47. The lowest BCUT2D eigenvalue weighted by Crippen LogP contribution is -2.73. The number of hydrogen-bond acceptors (Lipinski definition) is 10. The van der Waals surface area contributed by atoms with E-state index in [9.17, 15) is 29.1 Å². The summed E-state index contributed by atoms with van der Waals surface area (Å²) in [4.78, 5) is 57.5. The summed E-state index contributed by atoms with van der Waals surface area (Å²) in [5.41, 5.74) is 0. The number of carbonyl (C=O) groups excluding carboxylic acids is 5. The Morgan fingerprint density at radius 3 is 1.93 bits per heavy atom. The Kier molecular flexibility index (Phi) is 7.69. The largest absolute Gasteiger partial charge is 0.463 e. The Balaban J connectivity index is 3.43. The molecule has 27 heavy (non-hydrogen) atoms. The first kappa shape index (κ1) is 22.8. The summed E-state index contributed by atoms with van der Waals surface area (Å²) < 4.78 is 20.2. The second-order valence-electron chi connectivity index (χ2n) is 5.76. The lowest BCUT2D eigenvalue weighted by atomic mass is 9.90. The fourth-order valence-electron chi connectivity index (χ4n) is 2.55. The van der Waals surface area contributed by atoms with Crippen LogP contribution in [0.15, 0.2) is 0 Å². The van der Waals surface area contributed by atoms with Crippen molar-refractivity contribution < 1.29 is 48.0 Å². The monoisotopic (exact) mass is 409 g/mol. The van der Waals surface area contributed by atoms with Crippen molar-refractivity contribution in [2.45, 2.75) is 57.8 Å². The first-order valence-corrected chi connectivity index (χ1v) is 8.11. The highest BCUT2D eigenvalue weighted by Gasteiger charge is 2.61. The first-order valence-electron chi connectivity index (χ1n) is 7.73. The number of rotatable bonds is 6. The second-order valence-corrected chi connectivity index (χ2v) is 6.10. The van der Waals surface area contributed by atoms with Crippen LogP contribution in [0.2, 0.25) is 0 Å². The zero-order valence-corrected chi connectivity index (χ0v) is 15.8. The SMILES string of the molecule is CC(=O)N[C@@H]1[C@@H](OC(C)=O)[C@H](OC(C)=O)[C@@H](COC(C)=O)O[C@@]1(O)C(=O)Cl. The van der Waals surface area contributed by atoms with Crippen LogP contribution < -0.4 is 5.32 Å². The van der Waals surface area contributed by atoms with Gasteiger partial charge in [-0.2, -0.15) is 0 Å². The van der Waals surface area contributed by atoms with Crippen molar-refractivity contribution in [3.63, 3.8) is 0 Å². The maximum Gasteiger partial charge on any atom is 0.303 e. The Labute approximate surface area is 159 Å². The molecule has 152 valence electrons. The number of ether oxygens (including phenoxy) is 4. The molecule has 11 nitrogen and oxygen atoms in total. The lowest BCUT2D eigenvalue weighted by Gasteiger charge is -2.47. The highest BCUT2D eigenvalue weighted by molar-refractivity contribution is 6.65. The van der Waals surface area contributed by atoms with Crippen LogP contribution >= 0.6 is 11.6 Å². The highest BCUT2D eigenvalue weighted by atomic mass is 35.5. The van der Waals surface area contributed by atoms with Gasteiger partial charge in [0, 0.05) is 27.7 Å². The van der Waals surface area contributed by atoms with E-state index in [0.29, 0.717) is 0 Å². The van der Waals surface area contributed by atoms with E-state index in [0.717, 1.165) is 27.7 Å². The van der Waals surface area contributed by atoms with Gasteiger partial charge in [0.25, 0.3) is 11.0 Å². The van der Waals surface area contributed by atoms with Crippen molar-refractivity contribution >= 4 is 40.7 Å². The van der Waals surface area contributed by atoms with Crippen molar-refractivity contribution in [2.24, 2.45) is 0 Å². The van der Waals surface area contributed by atoms with Gasteiger partial charge < -0.3 is 29.4 Å². The van der Waals surface area contributed by atoms with E-state index < -0.39 is 65.8 Å². The van der Waals surface area contributed by atoms with Crippen molar-refractivity contribution in [3.8, 4) is 0 Å². The van der Waals surface area contributed by atoms with E-state index in [1.54, 1.807) is 0 Å². The molecule has 1 amide bonds. The predicted molar refractivity (Wildman–Crippen MR) is 86.0 cm³/mol. The van der Waals surface area contributed by atoms with Gasteiger partial charge >= 0.3 is 17.9 Å². The molecule has 2 N–H and O–H groups in total. The van der Waals surface area contributed by atoms with Gasteiger partial charge in [0.1, 0.15) is 18.8 Å². The zero-order valence-electron chi connectivity index (χ0n) is 15.0. The fraction of sp³-hybridized carbons (Fsp3) is 0.667. The van der Waals surface area contributed by atoms with Crippen LogP contribution in [0.1, 0.15) is 27.7 Å². The maximum atomic E-state index is 11.8. The van der Waals surface area contributed by atoms with Crippen molar-refractivity contribution in [1.82, 2.24) is 5.32 Å². The molecule has 5 atom stereocenters. The summed E-state index contributed by atoms with van der Waals surface area (Å²) >= 11 is 5.44. The summed E-state index contributed by atoms with van der Waals surface area (Å²) in [6.07, 6.45) is -4.43. The molecule has 12 heteroatoms. The molecule has 0 bridgehead atoms. The van der Waals surface area contributed by atoms with Crippen LogP contribution in [0.5, 0.6) is 0 Å².